The molecule has 70 valence electrons. The third-order valence-corrected chi connectivity index (χ3v) is 4.02. The molecule has 0 saturated carbocycles. The molecule has 1 heterocycles. The van der Waals surface area contributed by atoms with Gasteiger partial charge in [-0.25, -0.2) is 0 Å². The molecule has 2 rings (SSSR count). The standard InChI is InChI=1S/C11H13BrO/c1-7-4-5-8-9(6-7)13-11(2,3)10(8)12/h4-6,10H,1-3H3. The molecule has 13 heavy (non-hydrogen) atoms. The lowest BCUT2D eigenvalue weighted by molar-refractivity contribution is 0.137. The van der Waals surface area contributed by atoms with Crippen molar-refractivity contribution in [3.8, 4) is 5.75 Å². The minimum atomic E-state index is -0.129. The van der Waals surface area contributed by atoms with Gasteiger partial charge < -0.3 is 4.74 Å². The monoisotopic (exact) mass is 240 g/mol. The highest BCUT2D eigenvalue weighted by atomic mass is 79.9. The molecule has 0 spiro atoms. The highest BCUT2D eigenvalue weighted by Crippen LogP contribution is 2.48. The van der Waals surface area contributed by atoms with Crippen LogP contribution >= 0.6 is 15.9 Å². The summed E-state index contributed by atoms with van der Waals surface area (Å²) in [5.41, 5.74) is 2.38. The van der Waals surface area contributed by atoms with Crippen LogP contribution in [0.3, 0.4) is 0 Å². The minimum absolute atomic E-state index is 0.129. The van der Waals surface area contributed by atoms with E-state index >= 15 is 0 Å². The lowest BCUT2D eigenvalue weighted by Crippen LogP contribution is -2.26. The molecule has 1 atom stereocenters. The van der Waals surface area contributed by atoms with E-state index in [1.807, 2.05) is 0 Å². The Bertz CT molecular complexity index is 344. The fourth-order valence-electron chi connectivity index (χ4n) is 1.65. The van der Waals surface area contributed by atoms with Crippen LogP contribution in [0.4, 0.5) is 0 Å². The van der Waals surface area contributed by atoms with E-state index in [-0.39, 0.29) is 5.60 Å². The molecule has 2 heteroatoms. The summed E-state index contributed by atoms with van der Waals surface area (Å²) in [4.78, 5) is 0.301. The molecule has 1 aliphatic rings. The first-order chi connectivity index (χ1) is 6.00. The molecular formula is C11H13BrO. The third kappa shape index (κ3) is 1.37. The van der Waals surface area contributed by atoms with Gasteiger partial charge in [-0.05, 0) is 32.4 Å². The average Bonchev–Trinajstić information content (AvgIpc) is 2.22. The number of rotatable bonds is 0. The second-order valence-corrected chi connectivity index (χ2v) is 5.03. The topological polar surface area (TPSA) is 9.23 Å². The fourth-order valence-corrected chi connectivity index (χ4v) is 2.12. The van der Waals surface area contributed by atoms with Gasteiger partial charge in [-0.15, -0.1) is 0 Å². The van der Waals surface area contributed by atoms with Gasteiger partial charge in [0.1, 0.15) is 11.4 Å². The zero-order valence-corrected chi connectivity index (χ0v) is 9.68. The molecule has 0 N–H and O–H groups in total. The maximum atomic E-state index is 5.84. The lowest BCUT2D eigenvalue weighted by atomic mass is 10.0. The van der Waals surface area contributed by atoms with Crippen LogP contribution in [-0.4, -0.2) is 5.60 Å². The summed E-state index contributed by atoms with van der Waals surface area (Å²) in [5.74, 6) is 1.02. The van der Waals surface area contributed by atoms with Gasteiger partial charge >= 0.3 is 0 Å². The summed E-state index contributed by atoms with van der Waals surface area (Å²) in [6.07, 6.45) is 0. The first kappa shape index (κ1) is 9.07. The highest BCUT2D eigenvalue weighted by Gasteiger charge is 2.39. The second kappa shape index (κ2) is 2.74. The van der Waals surface area contributed by atoms with E-state index in [2.05, 4.69) is 54.9 Å². The lowest BCUT2D eigenvalue weighted by Gasteiger charge is -2.21. The van der Waals surface area contributed by atoms with Crippen LogP contribution in [0.5, 0.6) is 5.75 Å². The summed E-state index contributed by atoms with van der Waals surface area (Å²) < 4.78 is 5.84. The molecule has 0 radical (unpaired) electrons. The smallest absolute Gasteiger partial charge is 0.124 e. The number of ether oxygens (including phenoxy) is 1. The number of hydrogen-bond donors (Lipinski definition) is 0. The SMILES string of the molecule is Cc1ccc2c(c1)OC(C)(C)C2Br. The Morgan fingerprint density at radius 2 is 2.08 bits per heavy atom. The molecule has 1 unspecified atom stereocenters. The number of aryl methyl sites for hydroxylation is 1. The van der Waals surface area contributed by atoms with Crippen LogP contribution in [0.25, 0.3) is 0 Å². The van der Waals surface area contributed by atoms with E-state index in [4.69, 9.17) is 4.74 Å². The molecule has 0 fully saturated rings. The van der Waals surface area contributed by atoms with E-state index < -0.39 is 0 Å². The van der Waals surface area contributed by atoms with Gasteiger partial charge in [-0.2, -0.15) is 0 Å². The molecule has 0 aromatic heterocycles. The van der Waals surface area contributed by atoms with Crippen molar-refractivity contribution in [2.24, 2.45) is 0 Å². The van der Waals surface area contributed by atoms with E-state index in [0.29, 0.717) is 4.83 Å². The number of fused-ring (bicyclic) bond motifs is 1. The van der Waals surface area contributed by atoms with Gasteiger partial charge in [0.05, 0.1) is 4.83 Å². The molecule has 1 aromatic carbocycles. The third-order valence-electron chi connectivity index (χ3n) is 2.43. The van der Waals surface area contributed by atoms with Crippen molar-refractivity contribution >= 4 is 15.9 Å². The molecule has 0 bridgehead atoms. The fraction of sp³-hybridized carbons (Fsp3) is 0.455. The van der Waals surface area contributed by atoms with Crippen LogP contribution < -0.4 is 4.74 Å². The maximum Gasteiger partial charge on any atom is 0.124 e. The van der Waals surface area contributed by atoms with Crippen LogP contribution in [0.1, 0.15) is 29.8 Å². The Morgan fingerprint density at radius 1 is 1.38 bits per heavy atom. The van der Waals surface area contributed by atoms with Crippen LogP contribution in [0.15, 0.2) is 18.2 Å². The maximum absolute atomic E-state index is 5.84. The zero-order chi connectivity index (χ0) is 9.64. The number of benzene rings is 1. The first-order valence-corrected chi connectivity index (χ1v) is 5.36. The normalized spacial score (nSPS) is 23.8. The van der Waals surface area contributed by atoms with Crippen molar-refractivity contribution in [2.75, 3.05) is 0 Å². The van der Waals surface area contributed by atoms with Crippen molar-refractivity contribution in [1.29, 1.82) is 0 Å². The minimum Gasteiger partial charge on any atom is -0.486 e. The summed E-state index contributed by atoms with van der Waals surface area (Å²) in [6.45, 7) is 6.28. The van der Waals surface area contributed by atoms with Gasteiger partial charge in [0.25, 0.3) is 0 Å². The molecule has 0 saturated heterocycles. The number of alkyl halides is 1. The van der Waals surface area contributed by atoms with Crippen molar-refractivity contribution in [3.63, 3.8) is 0 Å². The molecule has 1 nitrogen and oxygen atoms in total. The highest BCUT2D eigenvalue weighted by molar-refractivity contribution is 9.09. The van der Waals surface area contributed by atoms with Crippen molar-refractivity contribution < 1.29 is 4.74 Å². The van der Waals surface area contributed by atoms with Crippen LogP contribution in [-0.2, 0) is 0 Å². The molecule has 1 aliphatic heterocycles. The van der Waals surface area contributed by atoms with Crippen molar-refractivity contribution in [2.45, 2.75) is 31.2 Å². The largest absolute Gasteiger partial charge is 0.486 e. The van der Waals surface area contributed by atoms with E-state index in [1.165, 1.54) is 11.1 Å². The molecule has 0 amide bonds. The Hall–Kier alpha value is -0.500. The zero-order valence-electron chi connectivity index (χ0n) is 8.10. The molecule has 0 aliphatic carbocycles. The van der Waals surface area contributed by atoms with Crippen molar-refractivity contribution in [1.82, 2.24) is 0 Å². The molecular weight excluding hydrogens is 228 g/mol. The van der Waals surface area contributed by atoms with Crippen LogP contribution in [0, 0.1) is 6.92 Å². The van der Waals surface area contributed by atoms with Gasteiger partial charge in [0.15, 0.2) is 0 Å². The quantitative estimate of drug-likeness (QED) is 0.630. The predicted molar refractivity (Wildman–Crippen MR) is 57.6 cm³/mol. The van der Waals surface area contributed by atoms with E-state index in [9.17, 15) is 0 Å². The average molecular weight is 241 g/mol. The number of hydrogen-bond acceptors (Lipinski definition) is 1. The predicted octanol–water partition coefficient (Wildman–Crippen LogP) is 3.60. The van der Waals surface area contributed by atoms with Gasteiger partial charge in [0.2, 0.25) is 0 Å². The van der Waals surface area contributed by atoms with Crippen molar-refractivity contribution in [3.05, 3.63) is 29.3 Å². The number of halogens is 1. The summed E-state index contributed by atoms with van der Waals surface area (Å²) in [7, 11) is 0. The molecule has 1 aromatic rings. The van der Waals surface area contributed by atoms with Gasteiger partial charge in [0, 0.05) is 5.56 Å². The Balaban J connectivity index is 2.50. The Morgan fingerprint density at radius 3 is 2.77 bits per heavy atom. The summed E-state index contributed by atoms with van der Waals surface area (Å²) in [6, 6.07) is 6.36. The second-order valence-electron chi connectivity index (χ2n) is 4.11. The Labute approximate surface area is 87.2 Å². The van der Waals surface area contributed by atoms with E-state index in [1.54, 1.807) is 0 Å². The Kier molecular flexibility index (Phi) is 1.91. The van der Waals surface area contributed by atoms with Gasteiger partial charge in [-0.3, -0.25) is 0 Å². The van der Waals surface area contributed by atoms with E-state index in [0.717, 1.165) is 5.75 Å². The first-order valence-electron chi connectivity index (χ1n) is 4.44. The van der Waals surface area contributed by atoms with Crippen LogP contribution in [0.2, 0.25) is 0 Å². The van der Waals surface area contributed by atoms with Gasteiger partial charge in [-0.1, -0.05) is 28.1 Å². The summed E-state index contributed by atoms with van der Waals surface area (Å²) in [5, 5.41) is 0. The summed E-state index contributed by atoms with van der Waals surface area (Å²) >= 11 is 3.66.